The van der Waals surface area contributed by atoms with Crippen LogP contribution in [-0.4, -0.2) is 20.5 Å². The van der Waals surface area contributed by atoms with Gasteiger partial charge in [-0.05, 0) is 18.7 Å². The number of nitrogens with two attached hydrogens (primary N) is 1. The highest BCUT2D eigenvalue weighted by atomic mass is 19.1. The van der Waals surface area contributed by atoms with Crippen LogP contribution in [0.15, 0.2) is 24.4 Å². The summed E-state index contributed by atoms with van der Waals surface area (Å²) in [5.41, 5.74) is 8.28. The standard InChI is InChI=1S/C12H13FN4/c1-16-9(4-5-14)7-17-11-3-2-8(13)6-10(11)15-12(16)17/h2-3,6-7H,4-5,14H2,1H3. The number of nitrogens with zero attached hydrogens (tertiary/aromatic N) is 3. The summed E-state index contributed by atoms with van der Waals surface area (Å²) in [5.74, 6) is 0.553. The molecule has 4 nitrogen and oxygen atoms in total. The molecule has 0 aliphatic rings. The molecule has 2 heterocycles. The Morgan fingerprint density at radius 1 is 1.41 bits per heavy atom. The first-order chi connectivity index (χ1) is 8.20. The van der Waals surface area contributed by atoms with Crippen molar-refractivity contribution in [3.63, 3.8) is 0 Å². The van der Waals surface area contributed by atoms with E-state index in [4.69, 9.17) is 5.73 Å². The third-order valence-electron chi connectivity index (χ3n) is 3.04. The summed E-state index contributed by atoms with van der Waals surface area (Å²) in [6, 6.07) is 4.65. The van der Waals surface area contributed by atoms with Gasteiger partial charge in [0.1, 0.15) is 5.82 Å². The van der Waals surface area contributed by atoms with Gasteiger partial charge in [0, 0.05) is 31.4 Å². The second kappa shape index (κ2) is 3.56. The SMILES string of the molecule is Cn1c(CCN)cn2c3ccc(F)cc3nc12. The number of hydrogen-bond acceptors (Lipinski definition) is 2. The molecule has 0 bridgehead atoms. The molecule has 2 N–H and O–H groups in total. The Morgan fingerprint density at radius 2 is 2.24 bits per heavy atom. The van der Waals surface area contributed by atoms with Crippen LogP contribution in [0, 0.1) is 5.82 Å². The average Bonchev–Trinajstić information content (AvgIpc) is 2.78. The van der Waals surface area contributed by atoms with Crippen LogP contribution in [0.1, 0.15) is 5.69 Å². The maximum absolute atomic E-state index is 13.1. The van der Waals surface area contributed by atoms with E-state index in [-0.39, 0.29) is 5.82 Å². The fourth-order valence-corrected chi connectivity index (χ4v) is 2.17. The zero-order valence-corrected chi connectivity index (χ0v) is 9.52. The molecule has 0 unspecified atom stereocenters. The zero-order chi connectivity index (χ0) is 12.0. The molecule has 0 spiro atoms. The van der Waals surface area contributed by atoms with Gasteiger partial charge in [-0.25, -0.2) is 9.37 Å². The number of rotatable bonds is 2. The summed E-state index contributed by atoms with van der Waals surface area (Å²) in [6.45, 7) is 0.605. The molecule has 0 radical (unpaired) electrons. The molecule has 0 saturated carbocycles. The van der Waals surface area contributed by atoms with Crippen LogP contribution in [-0.2, 0) is 13.5 Å². The Kier molecular flexibility index (Phi) is 2.16. The molecule has 5 heteroatoms. The van der Waals surface area contributed by atoms with E-state index in [0.717, 1.165) is 23.4 Å². The maximum Gasteiger partial charge on any atom is 0.214 e. The fourth-order valence-electron chi connectivity index (χ4n) is 2.17. The first kappa shape index (κ1) is 10.3. The zero-order valence-electron chi connectivity index (χ0n) is 9.52. The number of imidazole rings is 2. The van der Waals surface area contributed by atoms with Crippen molar-refractivity contribution < 1.29 is 4.39 Å². The lowest BCUT2D eigenvalue weighted by molar-refractivity contribution is 0.629. The molecule has 2 aromatic heterocycles. The van der Waals surface area contributed by atoms with Gasteiger partial charge in [0.25, 0.3) is 0 Å². The molecule has 1 aromatic carbocycles. The molecule has 3 rings (SSSR count). The van der Waals surface area contributed by atoms with Gasteiger partial charge in [0.2, 0.25) is 5.78 Å². The Hall–Kier alpha value is -1.88. The van der Waals surface area contributed by atoms with Gasteiger partial charge in [-0.2, -0.15) is 0 Å². The molecule has 0 fully saturated rings. The minimum atomic E-state index is -0.261. The lowest BCUT2D eigenvalue weighted by Crippen LogP contribution is -2.06. The van der Waals surface area contributed by atoms with Gasteiger partial charge in [-0.3, -0.25) is 4.40 Å². The van der Waals surface area contributed by atoms with Crippen LogP contribution >= 0.6 is 0 Å². The van der Waals surface area contributed by atoms with Crippen LogP contribution in [0.5, 0.6) is 0 Å². The highest BCUT2D eigenvalue weighted by molar-refractivity contribution is 5.79. The van der Waals surface area contributed by atoms with Crippen molar-refractivity contribution in [3.05, 3.63) is 35.9 Å². The lowest BCUT2D eigenvalue weighted by Gasteiger charge is -1.98. The van der Waals surface area contributed by atoms with Crippen molar-refractivity contribution in [2.45, 2.75) is 6.42 Å². The molecule has 17 heavy (non-hydrogen) atoms. The van der Waals surface area contributed by atoms with Crippen LogP contribution in [0.2, 0.25) is 0 Å². The third kappa shape index (κ3) is 1.43. The van der Waals surface area contributed by atoms with E-state index in [2.05, 4.69) is 4.98 Å². The summed E-state index contributed by atoms with van der Waals surface area (Å²) >= 11 is 0. The lowest BCUT2D eigenvalue weighted by atomic mass is 10.3. The number of benzene rings is 1. The molecule has 88 valence electrons. The first-order valence-corrected chi connectivity index (χ1v) is 5.52. The van der Waals surface area contributed by atoms with Crippen LogP contribution in [0.4, 0.5) is 4.39 Å². The van der Waals surface area contributed by atoms with Gasteiger partial charge in [-0.15, -0.1) is 0 Å². The summed E-state index contributed by atoms with van der Waals surface area (Å²) < 4.78 is 17.1. The second-order valence-electron chi connectivity index (χ2n) is 4.13. The minimum Gasteiger partial charge on any atom is -0.330 e. The smallest absolute Gasteiger partial charge is 0.214 e. The second-order valence-corrected chi connectivity index (χ2v) is 4.13. The van der Waals surface area contributed by atoms with E-state index in [0.29, 0.717) is 12.1 Å². The highest BCUT2D eigenvalue weighted by Gasteiger charge is 2.11. The van der Waals surface area contributed by atoms with Crippen LogP contribution in [0.25, 0.3) is 16.8 Å². The number of aryl methyl sites for hydroxylation is 1. The Bertz CT molecular complexity index is 695. The quantitative estimate of drug-likeness (QED) is 0.727. The number of aromatic nitrogens is 3. The Labute approximate surface area is 97.5 Å². The van der Waals surface area contributed by atoms with E-state index >= 15 is 0 Å². The van der Waals surface area contributed by atoms with E-state index in [1.165, 1.54) is 12.1 Å². The predicted octanol–water partition coefficient (Wildman–Crippen LogP) is 1.47. The van der Waals surface area contributed by atoms with Crippen molar-refractivity contribution >= 4 is 16.8 Å². The van der Waals surface area contributed by atoms with Crippen LogP contribution < -0.4 is 5.73 Å². The number of fused-ring (bicyclic) bond motifs is 3. The van der Waals surface area contributed by atoms with E-state index < -0.39 is 0 Å². The molecule has 0 amide bonds. The average molecular weight is 232 g/mol. The van der Waals surface area contributed by atoms with E-state index in [9.17, 15) is 4.39 Å². The van der Waals surface area contributed by atoms with E-state index in [1.54, 1.807) is 6.07 Å². The van der Waals surface area contributed by atoms with Crippen LogP contribution in [0.3, 0.4) is 0 Å². The molecular formula is C12H13FN4. The minimum absolute atomic E-state index is 0.261. The molecule has 0 atom stereocenters. The van der Waals surface area contributed by atoms with Crippen molar-refractivity contribution in [1.82, 2.24) is 14.0 Å². The van der Waals surface area contributed by atoms with Crippen molar-refractivity contribution in [2.24, 2.45) is 12.8 Å². The summed E-state index contributed by atoms with van der Waals surface area (Å²) in [5, 5.41) is 0. The summed E-state index contributed by atoms with van der Waals surface area (Å²) in [4.78, 5) is 4.42. The third-order valence-corrected chi connectivity index (χ3v) is 3.04. The molecule has 0 aliphatic carbocycles. The van der Waals surface area contributed by atoms with E-state index in [1.807, 2.05) is 22.2 Å². The Morgan fingerprint density at radius 3 is 3.00 bits per heavy atom. The molecule has 0 saturated heterocycles. The largest absolute Gasteiger partial charge is 0.330 e. The molecule has 3 aromatic rings. The molecule has 0 aliphatic heterocycles. The summed E-state index contributed by atoms with van der Waals surface area (Å²) in [7, 11) is 1.95. The fraction of sp³-hybridized carbons (Fsp3) is 0.250. The van der Waals surface area contributed by atoms with Gasteiger partial charge in [-0.1, -0.05) is 0 Å². The highest BCUT2D eigenvalue weighted by Crippen LogP contribution is 2.19. The van der Waals surface area contributed by atoms with Crippen molar-refractivity contribution in [1.29, 1.82) is 0 Å². The van der Waals surface area contributed by atoms with Gasteiger partial charge in [0.15, 0.2) is 0 Å². The number of halogens is 1. The molecular weight excluding hydrogens is 219 g/mol. The van der Waals surface area contributed by atoms with Crippen molar-refractivity contribution in [3.8, 4) is 0 Å². The Balaban J connectivity index is 2.33. The topological polar surface area (TPSA) is 48.2 Å². The summed E-state index contributed by atoms with van der Waals surface area (Å²) in [6.07, 6.45) is 2.82. The first-order valence-electron chi connectivity index (χ1n) is 5.52. The van der Waals surface area contributed by atoms with Gasteiger partial charge < -0.3 is 10.3 Å². The normalized spacial score (nSPS) is 11.7. The number of hydrogen-bond donors (Lipinski definition) is 1. The van der Waals surface area contributed by atoms with Gasteiger partial charge in [0.05, 0.1) is 11.0 Å². The monoisotopic (exact) mass is 232 g/mol. The maximum atomic E-state index is 13.1. The van der Waals surface area contributed by atoms with Gasteiger partial charge >= 0.3 is 0 Å². The van der Waals surface area contributed by atoms with Crippen molar-refractivity contribution in [2.75, 3.05) is 6.54 Å². The predicted molar refractivity (Wildman–Crippen MR) is 64.4 cm³/mol.